The van der Waals surface area contributed by atoms with Gasteiger partial charge in [-0.05, 0) is 19.2 Å². The predicted molar refractivity (Wildman–Crippen MR) is 45.5 cm³/mol. The van der Waals surface area contributed by atoms with Gasteiger partial charge in [-0.3, -0.25) is 7.05 Å². The van der Waals surface area contributed by atoms with Gasteiger partial charge in [0.1, 0.15) is 0 Å². The molecule has 0 aliphatic rings. The first-order valence-electron chi connectivity index (χ1n) is 2.90. The Labute approximate surface area is 93.4 Å². The van der Waals surface area contributed by atoms with Crippen molar-refractivity contribution in [3.05, 3.63) is 43.5 Å². The van der Waals surface area contributed by atoms with E-state index in [2.05, 4.69) is 7.05 Å². The van der Waals surface area contributed by atoms with Crippen LogP contribution in [0.3, 0.4) is 0 Å². The minimum atomic E-state index is 0. The molecule has 0 aliphatic heterocycles. The van der Waals surface area contributed by atoms with Crippen LogP contribution in [-0.2, 0) is 32.7 Å². The maximum Gasteiger partial charge on any atom is 3.00 e. The predicted octanol–water partition coefficient (Wildman–Crippen LogP) is 2.63. The first kappa shape index (κ1) is 13.7. The van der Waals surface area contributed by atoms with Crippen molar-refractivity contribution in [2.45, 2.75) is 0 Å². The topological polar surface area (TPSA) is 36.7 Å². The van der Waals surface area contributed by atoms with Gasteiger partial charge in [-0.1, -0.05) is 18.2 Å². The van der Waals surface area contributed by atoms with Gasteiger partial charge in [0.05, 0.1) is 0 Å². The third-order valence-corrected chi connectivity index (χ3v) is 1.20. The van der Waals surface area contributed by atoms with Gasteiger partial charge >= 0.3 is 32.7 Å². The molecular weight excluding hydrogens is 213 g/mol. The van der Waals surface area contributed by atoms with Gasteiger partial charge in [-0.2, -0.15) is 0 Å². The monoisotopic (exact) mass is 225 g/mol. The molecule has 0 aliphatic carbocycles. The molecule has 56 valence electrons. The largest absolute Gasteiger partial charge is 3.00 e. The molecule has 0 bridgehead atoms. The van der Waals surface area contributed by atoms with Gasteiger partial charge in [0.15, 0.2) is 0 Å². The van der Waals surface area contributed by atoms with Crippen molar-refractivity contribution < 1.29 is 32.7 Å². The van der Waals surface area contributed by atoms with Crippen LogP contribution >= 0.6 is 0 Å². The quantitative estimate of drug-likeness (QED) is 0.677. The third kappa shape index (κ3) is 4.51. The van der Waals surface area contributed by atoms with E-state index in [1.54, 1.807) is 0 Å². The Morgan fingerprint density at radius 2 is 1.64 bits per heavy atom. The second-order valence-electron chi connectivity index (χ2n) is 2.03. The third-order valence-electron chi connectivity index (χ3n) is 1.20. The van der Waals surface area contributed by atoms with Gasteiger partial charge in [-0.15, -0.1) is 0 Å². The van der Waals surface area contributed by atoms with Crippen molar-refractivity contribution in [3.8, 4) is 0 Å². The van der Waals surface area contributed by atoms with Gasteiger partial charge in [0.2, 0.25) is 0 Å². The maximum atomic E-state index is 3.74. The van der Waals surface area contributed by atoms with Crippen molar-refractivity contribution in [2.24, 2.45) is 0 Å². The van der Waals surface area contributed by atoms with Gasteiger partial charge in [0.25, 0.3) is 0 Å². The van der Waals surface area contributed by atoms with Crippen molar-refractivity contribution in [2.75, 3.05) is 11.9 Å². The molecule has 0 radical (unpaired) electrons. The number of nitrogens with two attached hydrogens (primary N) is 1. The summed E-state index contributed by atoms with van der Waals surface area (Å²) < 4.78 is 0. The Kier molecular flexibility index (Phi) is 8.41. The fraction of sp³-hybridized carbons (Fsp3) is 0.125. The Morgan fingerprint density at radius 1 is 1.18 bits per heavy atom. The van der Waals surface area contributed by atoms with Crippen LogP contribution in [0.2, 0.25) is 0 Å². The molecule has 0 fully saturated rings. The van der Waals surface area contributed by atoms with Crippen LogP contribution in [0.25, 0.3) is 6.15 Å². The van der Waals surface area contributed by atoms with Gasteiger partial charge < -0.3 is 11.1 Å². The molecule has 0 heterocycles. The number of benzene rings is 1. The zero-order valence-electron chi connectivity index (χ0n) is 6.70. The first-order valence-corrected chi connectivity index (χ1v) is 2.90. The van der Waals surface area contributed by atoms with Crippen LogP contribution in [0, 0.1) is 7.05 Å². The Bertz CT molecular complexity index is 175. The second-order valence-corrected chi connectivity index (χ2v) is 2.03. The Balaban J connectivity index is 0. The molecule has 3 heteroatoms. The SMILES string of the molecule is [CH2-]N(C)c1ccccc1.[NH2-].[Y+3]. The minimum absolute atomic E-state index is 0. The van der Waals surface area contributed by atoms with Gasteiger partial charge in [-0.25, -0.2) is 0 Å². The van der Waals surface area contributed by atoms with E-state index in [9.17, 15) is 0 Å². The average molecular weight is 225 g/mol. The van der Waals surface area contributed by atoms with Crippen molar-refractivity contribution in [3.63, 3.8) is 0 Å². The Hall–Kier alpha value is 0.0839. The summed E-state index contributed by atoms with van der Waals surface area (Å²) in [5, 5.41) is 0. The second kappa shape index (κ2) is 6.77. The van der Waals surface area contributed by atoms with Crippen molar-refractivity contribution >= 4 is 5.69 Å². The number of hydrogen-bond donors (Lipinski definition) is 0. The molecule has 1 rings (SSSR count). The summed E-state index contributed by atoms with van der Waals surface area (Å²) in [7, 11) is 5.67. The fourth-order valence-corrected chi connectivity index (χ4v) is 0.682. The van der Waals surface area contributed by atoms with Crippen LogP contribution in [0.4, 0.5) is 5.69 Å². The Morgan fingerprint density at radius 3 is 1.91 bits per heavy atom. The number of rotatable bonds is 1. The van der Waals surface area contributed by atoms with E-state index >= 15 is 0 Å². The summed E-state index contributed by atoms with van der Waals surface area (Å²) in [6, 6.07) is 10.0. The molecule has 1 aromatic carbocycles. The van der Waals surface area contributed by atoms with Crippen LogP contribution in [0.15, 0.2) is 30.3 Å². The molecule has 0 amide bonds. The van der Waals surface area contributed by atoms with Crippen LogP contribution in [0.5, 0.6) is 0 Å². The van der Waals surface area contributed by atoms with E-state index in [1.807, 2.05) is 42.3 Å². The van der Waals surface area contributed by atoms with Crippen LogP contribution in [0.1, 0.15) is 0 Å². The molecule has 0 unspecified atom stereocenters. The van der Waals surface area contributed by atoms with Crippen LogP contribution < -0.4 is 4.90 Å². The standard InChI is InChI=1S/C8H10N.H2N.Y/c1-9(2)8-6-4-3-5-7-8;;/h3-7H,1H2,2H3;1H2;/q2*-1;+3. The van der Waals surface area contributed by atoms with Crippen molar-refractivity contribution in [1.82, 2.24) is 0 Å². The molecule has 0 aromatic heterocycles. The minimum Gasteiger partial charge on any atom is -0.693 e. The van der Waals surface area contributed by atoms with E-state index in [1.165, 1.54) is 0 Å². The molecule has 1 aromatic rings. The van der Waals surface area contributed by atoms with E-state index in [4.69, 9.17) is 0 Å². The van der Waals surface area contributed by atoms with E-state index < -0.39 is 0 Å². The normalized spacial score (nSPS) is 7.45. The molecule has 11 heavy (non-hydrogen) atoms. The summed E-state index contributed by atoms with van der Waals surface area (Å²) >= 11 is 0. The summed E-state index contributed by atoms with van der Waals surface area (Å²) in [4.78, 5) is 1.83. The molecule has 0 atom stereocenters. The summed E-state index contributed by atoms with van der Waals surface area (Å²) in [5.74, 6) is 0. The number of nitrogens with zero attached hydrogens (tertiary/aromatic N) is 1. The fourth-order valence-electron chi connectivity index (χ4n) is 0.682. The van der Waals surface area contributed by atoms with E-state index in [-0.39, 0.29) is 38.9 Å². The van der Waals surface area contributed by atoms with Crippen LogP contribution in [-0.4, -0.2) is 7.05 Å². The maximum absolute atomic E-state index is 3.74. The summed E-state index contributed by atoms with van der Waals surface area (Å²) in [6.07, 6.45) is 0. The number of hydrogen-bond acceptors (Lipinski definition) is 1. The molecule has 2 N–H and O–H groups in total. The average Bonchev–Trinajstić information content (AvgIpc) is 1.90. The summed E-state index contributed by atoms with van der Waals surface area (Å²) in [5.41, 5.74) is 1.14. The molecule has 0 spiro atoms. The zero-order valence-corrected chi connectivity index (χ0v) is 9.53. The molecule has 2 nitrogen and oxygen atoms in total. The first-order chi connectivity index (χ1) is 4.30. The summed E-state index contributed by atoms with van der Waals surface area (Å²) in [6.45, 7) is 0. The van der Waals surface area contributed by atoms with E-state index in [0.717, 1.165) is 5.69 Å². The van der Waals surface area contributed by atoms with E-state index in [0.29, 0.717) is 0 Å². The number of anilines is 1. The molecule has 0 saturated carbocycles. The molecule has 0 saturated heterocycles. The van der Waals surface area contributed by atoms with Gasteiger partial charge in [0, 0.05) is 5.69 Å². The smallest absolute Gasteiger partial charge is 0.693 e. The molecular formula is C8H12N2Y+. The number of para-hydroxylation sites is 1. The van der Waals surface area contributed by atoms with Crippen molar-refractivity contribution in [1.29, 1.82) is 0 Å². The zero-order chi connectivity index (χ0) is 6.69.